The van der Waals surface area contributed by atoms with Gasteiger partial charge in [-0.15, -0.1) is 11.3 Å². The van der Waals surface area contributed by atoms with Crippen molar-refractivity contribution >= 4 is 17.3 Å². The fourth-order valence-electron chi connectivity index (χ4n) is 7.88. The molecule has 4 aliphatic rings. The van der Waals surface area contributed by atoms with E-state index in [4.69, 9.17) is 15.0 Å². The van der Waals surface area contributed by atoms with Crippen molar-refractivity contribution in [1.29, 1.82) is 5.26 Å². The number of aromatic nitrogens is 1. The van der Waals surface area contributed by atoms with Gasteiger partial charge in [-0.25, -0.2) is 4.98 Å². The van der Waals surface area contributed by atoms with Gasteiger partial charge < -0.3 is 4.74 Å². The van der Waals surface area contributed by atoms with E-state index in [1.807, 2.05) is 0 Å². The lowest BCUT2D eigenvalue weighted by Crippen LogP contribution is -2.54. The van der Waals surface area contributed by atoms with Crippen LogP contribution in [0.3, 0.4) is 0 Å². The summed E-state index contributed by atoms with van der Waals surface area (Å²) < 4.78 is 5.60. The highest BCUT2D eigenvalue weighted by Gasteiger charge is 2.60. The summed E-state index contributed by atoms with van der Waals surface area (Å²) in [5.41, 5.74) is 1.94. The zero-order valence-electron chi connectivity index (χ0n) is 17.9. The van der Waals surface area contributed by atoms with E-state index in [0.717, 1.165) is 35.6 Å². The molecule has 4 nitrogen and oxygen atoms in total. The average Bonchev–Trinajstić information content (AvgIpc) is 3.18. The summed E-state index contributed by atoms with van der Waals surface area (Å²) in [6.45, 7) is 6.55. The summed E-state index contributed by atoms with van der Waals surface area (Å²) in [6.07, 6.45) is 10.2. The van der Waals surface area contributed by atoms with Crippen molar-refractivity contribution in [3.63, 3.8) is 0 Å². The topological polar surface area (TPSA) is 63.0 Å². The second-order valence-electron chi connectivity index (χ2n) is 10.5. The highest BCUT2D eigenvalue weighted by atomic mass is 32.1. The molecule has 29 heavy (non-hydrogen) atoms. The van der Waals surface area contributed by atoms with Gasteiger partial charge in [-0.05, 0) is 80.5 Å². The Balaban J connectivity index is 1.38. The number of ether oxygens (including phenoxy) is 1. The maximum Gasteiger partial charge on any atom is 0.302 e. The van der Waals surface area contributed by atoms with Crippen LogP contribution in [0.25, 0.3) is 0 Å². The third-order valence-corrected chi connectivity index (χ3v) is 10.3. The number of fused-ring (bicyclic) bond motifs is 7. The molecule has 0 N–H and O–H groups in total. The van der Waals surface area contributed by atoms with Gasteiger partial charge in [0.1, 0.15) is 11.1 Å². The lowest BCUT2D eigenvalue weighted by atomic mass is 9.45. The monoisotopic (exact) mass is 412 g/mol. The number of hydrogen-bond acceptors (Lipinski definition) is 5. The van der Waals surface area contributed by atoms with Gasteiger partial charge in [0.05, 0.1) is 18.2 Å². The normalized spacial score (nSPS) is 42.8. The van der Waals surface area contributed by atoms with Crippen LogP contribution in [0.4, 0.5) is 0 Å². The molecule has 1 aromatic heterocycles. The number of carbonyl (C=O) groups excluding carboxylic acids is 1. The van der Waals surface area contributed by atoms with Crippen LogP contribution in [0.2, 0.25) is 0 Å². The Hall–Kier alpha value is -1.41. The minimum Gasteiger partial charge on any atom is -0.463 e. The maximum atomic E-state index is 11.4. The standard InChI is InChI=1S/C24H32N2O2S/c1-14(27)28-16-6-9-23(2)15(12-16)4-5-17-18(23)7-10-24(3)19(17)13-20-22(24)26-21(29-20)8-11-25/h15-19H,4-10,12-13H2,1-3H3/t15-,16-,17+,18-,19-,23-,24-/m0/s1. The van der Waals surface area contributed by atoms with Gasteiger partial charge in [0.2, 0.25) is 0 Å². The third-order valence-electron chi connectivity index (χ3n) is 9.26. The summed E-state index contributed by atoms with van der Waals surface area (Å²) in [5.74, 6) is 2.88. The summed E-state index contributed by atoms with van der Waals surface area (Å²) in [6, 6.07) is 2.27. The Kier molecular flexibility index (Phi) is 4.59. The largest absolute Gasteiger partial charge is 0.463 e. The average molecular weight is 413 g/mol. The van der Waals surface area contributed by atoms with E-state index in [2.05, 4.69) is 19.9 Å². The van der Waals surface area contributed by atoms with Gasteiger partial charge in [0.15, 0.2) is 0 Å². The van der Waals surface area contributed by atoms with Crippen molar-refractivity contribution < 1.29 is 9.53 Å². The smallest absolute Gasteiger partial charge is 0.302 e. The van der Waals surface area contributed by atoms with Gasteiger partial charge in [-0.1, -0.05) is 13.8 Å². The first-order chi connectivity index (χ1) is 13.8. The van der Waals surface area contributed by atoms with E-state index in [1.165, 1.54) is 49.1 Å². The van der Waals surface area contributed by atoms with Crippen LogP contribution in [0.5, 0.6) is 0 Å². The number of nitrogens with zero attached hydrogens (tertiary/aromatic N) is 2. The lowest BCUT2D eigenvalue weighted by Gasteiger charge is -2.60. The molecule has 3 fully saturated rings. The molecule has 1 heterocycles. The Morgan fingerprint density at radius 1 is 1.24 bits per heavy atom. The molecular weight excluding hydrogens is 380 g/mol. The molecule has 0 spiro atoms. The summed E-state index contributed by atoms with van der Waals surface area (Å²) in [5, 5.41) is 10.1. The highest BCUT2D eigenvalue weighted by molar-refractivity contribution is 7.11. The predicted octanol–water partition coefficient (Wildman–Crippen LogP) is 5.20. The quantitative estimate of drug-likeness (QED) is 0.627. The van der Waals surface area contributed by atoms with Crippen molar-refractivity contribution in [2.75, 3.05) is 0 Å². The zero-order valence-corrected chi connectivity index (χ0v) is 18.7. The van der Waals surface area contributed by atoms with E-state index in [0.29, 0.717) is 17.8 Å². The first-order valence-corrected chi connectivity index (χ1v) is 12.2. The molecule has 0 saturated heterocycles. The molecule has 4 aliphatic carbocycles. The number of rotatable bonds is 2. The van der Waals surface area contributed by atoms with Gasteiger partial charge >= 0.3 is 5.97 Å². The number of esters is 1. The fourth-order valence-corrected chi connectivity index (χ4v) is 9.08. The molecule has 156 valence electrons. The van der Waals surface area contributed by atoms with E-state index < -0.39 is 0 Å². The number of hydrogen-bond donors (Lipinski definition) is 0. The number of thiazole rings is 1. The summed E-state index contributed by atoms with van der Waals surface area (Å²) >= 11 is 1.80. The third kappa shape index (κ3) is 2.89. The Bertz CT molecular complexity index is 873. The van der Waals surface area contributed by atoms with Crippen molar-refractivity contribution in [3.8, 4) is 6.07 Å². The molecule has 0 aromatic carbocycles. The molecule has 5 heteroatoms. The molecule has 3 saturated carbocycles. The van der Waals surface area contributed by atoms with Crippen LogP contribution in [0.1, 0.15) is 81.3 Å². The SMILES string of the molecule is CC(=O)O[C@H]1CC[C@@]2(C)[C@@H](CC[C@@H]3[C@@H]2CC[C@]2(C)c4nc(CC#N)sc4C[C@@H]32)C1. The van der Waals surface area contributed by atoms with Gasteiger partial charge in [-0.2, -0.15) is 5.26 Å². The minimum absolute atomic E-state index is 0.124. The Labute approximate surface area is 178 Å². The maximum absolute atomic E-state index is 11.4. The van der Waals surface area contributed by atoms with E-state index >= 15 is 0 Å². The Morgan fingerprint density at radius 2 is 2.07 bits per heavy atom. The molecule has 5 rings (SSSR count). The van der Waals surface area contributed by atoms with Crippen molar-refractivity contribution in [2.24, 2.45) is 29.1 Å². The van der Waals surface area contributed by atoms with E-state index in [1.54, 1.807) is 18.3 Å². The summed E-state index contributed by atoms with van der Waals surface area (Å²) in [4.78, 5) is 17.9. The molecule has 0 amide bonds. The molecule has 0 aliphatic heterocycles. The van der Waals surface area contributed by atoms with Crippen LogP contribution in [0, 0.1) is 40.4 Å². The number of carbonyl (C=O) groups is 1. The highest BCUT2D eigenvalue weighted by Crippen LogP contribution is 2.65. The van der Waals surface area contributed by atoms with Crippen molar-refractivity contribution in [1.82, 2.24) is 4.98 Å². The van der Waals surface area contributed by atoms with Gasteiger partial charge in [-0.3, -0.25) is 4.79 Å². The predicted molar refractivity (Wildman–Crippen MR) is 112 cm³/mol. The van der Waals surface area contributed by atoms with E-state index in [9.17, 15) is 4.79 Å². The van der Waals surface area contributed by atoms with Crippen LogP contribution in [-0.4, -0.2) is 17.1 Å². The molecule has 1 aromatic rings. The van der Waals surface area contributed by atoms with Crippen LogP contribution >= 0.6 is 11.3 Å². The fraction of sp³-hybridized carbons (Fsp3) is 0.792. The second kappa shape index (κ2) is 6.80. The molecule has 0 radical (unpaired) electrons. The number of nitriles is 1. The Morgan fingerprint density at radius 3 is 2.83 bits per heavy atom. The van der Waals surface area contributed by atoms with Crippen molar-refractivity contribution in [3.05, 3.63) is 15.6 Å². The van der Waals surface area contributed by atoms with Crippen LogP contribution < -0.4 is 0 Å². The molecule has 0 unspecified atom stereocenters. The minimum atomic E-state index is -0.124. The molecular formula is C24H32N2O2S. The van der Waals surface area contributed by atoms with Crippen molar-refractivity contribution in [2.45, 2.75) is 90.1 Å². The van der Waals surface area contributed by atoms with Gasteiger partial charge in [0.25, 0.3) is 0 Å². The van der Waals surface area contributed by atoms with Crippen LogP contribution in [-0.2, 0) is 27.8 Å². The second-order valence-corrected chi connectivity index (χ2v) is 11.7. The first-order valence-electron chi connectivity index (χ1n) is 11.4. The zero-order chi connectivity index (χ0) is 20.4. The van der Waals surface area contributed by atoms with Gasteiger partial charge in [0, 0.05) is 17.2 Å². The first kappa shape index (κ1) is 19.5. The summed E-state index contributed by atoms with van der Waals surface area (Å²) in [7, 11) is 0. The molecule has 0 bridgehead atoms. The van der Waals surface area contributed by atoms with E-state index in [-0.39, 0.29) is 17.5 Å². The molecule has 7 atom stereocenters. The van der Waals surface area contributed by atoms with Crippen LogP contribution in [0.15, 0.2) is 0 Å². The lowest BCUT2D eigenvalue weighted by molar-refractivity contribution is -0.157.